The fraction of sp³-hybridized carbons (Fsp3) is 0. The van der Waals surface area contributed by atoms with E-state index in [1.54, 1.807) is 18.2 Å². The Morgan fingerprint density at radius 1 is 0.209 bits per heavy atom. The van der Waals surface area contributed by atoms with E-state index in [1.165, 1.54) is 21.5 Å². The van der Waals surface area contributed by atoms with Crippen LogP contribution < -0.4 is 0 Å². The van der Waals surface area contributed by atoms with Crippen molar-refractivity contribution in [2.75, 3.05) is 0 Å². The number of hydrogen-bond acceptors (Lipinski definition) is 6. The quantitative estimate of drug-likeness (QED) is 0.148. The molecule has 0 fully saturated rings. The topological polar surface area (TPSA) is 141 Å². The zero-order valence-corrected chi connectivity index (χ0v) is 58.7. The number of nitriles is 4. The molecule has 0 amide bonds. The lowest BCUT2D eigenvalue weighted by molar-refractivity contribution is 0.672. The summed E-state index contributed by atoms with van der Waals surface area (Å²) < 4.78 is 22.6. The molecule has 508 valence electrons. The third-order valence-electron chi connectivity index (χ3n) is 22.0. The number of benzene rings is 16. The summed E-state index contributed by atoms with van der Waals surface area (Å²) in [6.45, 7) is 0. The molecular weight excluding hydrogens is 1350 g/mol. The molecule has 0 bridgehead atoms. The molecule has 6 aromatic heterocycles. The van der Waals surface area contributed by atoms with Crippen molar-refractivity contribution < 1.29 is 8.83 Å². The van der Waals surface area contributed by atoms with Crippen LogP contribution in [0.1, 0.15) is 22.3 Å². The van der Waals surface area contributed by atoms with Gasteiger partial charge >= 0.3 is 0 Å². The van der Waals surface area contributed by atoms with E-state index >= 15 is 0 Å². The van der Waals surface area contributed by atoms with E-state index in [1.807, 2.05) is 78.9 Å². The summed E-state index contributed by atoms with van der Waals surface area (Å²) in [5.74, 6) is 0. The van der Waals surface area contributed by atoms with Gasteiger partial charge in [-0.3, -0.25) is 0 Å². The lowest BCUT2D eigenvalue weighted by atomic mass is 9.93. The second-order valence-electron chi connectivity index (χ2n) is 27.9. The lowest BCUT2D eigenvalue weighted by Gasteiger charge is -2.16. The predicted molar refractivity (Wildman–Crippen MR) is 445 cm³/mol. The van der Waals surface area contributed by atoms with Crippen LogP contribution in [0.2, 0.25) is 0 Å². The van der Waals surface area contributed by atoms with Gasteiger partial charge < -0.3 is 27.1 Å². The molecule has 0 saturated carbocycles. The number of nitrogens with zero attached hydrogens (tertiary/aromatic N) is 8. The average molecular weight is 1400 g/mol. The Hall–Kier alpha value is -15.7. The molecule has 0 saturated heterocycles. The predicted octanol–water partition coefficient (Wildman–Crippen LogP) is 25.7. The van der Waals surface area contributed by atoms with Gasteiger partial charge in [0, 0.05) is 87.7 Å². The number of furan rings is 2. The molecule has 0 radical (unpaired) electrons. The Bertz CT molecular complexity index is 7750. The van der Waals surface area contributed by atoms with Gasteiger partial charge in [-0.2, -0.15) is 21.0 Å². The van der Waals surface area contributed by atoms with E-state index < -0.39 is 0 Å². The zero-order chi connectivity index (χ0) is 73.2. The van der Waals surface area contributed by atoms with Crippen molar-refractivity contribution in [3.8, 4) is 91.5 Å². The van der Waals surface area contributed by atoms with Gasteiger partial charge in [0.2, 0.25) is 0 Å². The van der Waals surface area contributed by atoms with Gasteiger partial charge in [-0.15, -0.1) is 0 Å². The Balaban J connectivity index is 0.000000140. The summed E-state index contributed by atoms with van der Waals surface area (Å²) in [6.07, 6.45) is 0. The number of rotatable bonds is 8. The molecule has 10 heteroatoms. The molecule has 0 aliphatic heterocycles. The highest BCUT2D eigenvalue weighted by Crippen LogP contribution is 2.46. The van der Waals surface area contributed by atoms with Gasteiger partial charge in [-0.05, 0) is 173 Å². The molecule has 22 rings (SSSR count). The van der Waals surface area contributed by atoms with Gasteiger partial charge in [0.05, 0.1) is 101 Å². The molecule has 0 N–H and O–H groups in total. The summed E-state index contributed by atoms with van der Waals surface area (Å²) in [4.78, 5) is 0. The maximum atomic E-state index is 10.5. The third-order valence-corrected chi connectivity index (χ3v) is 22.0. The first kappa shape index (κ1) is 62.8. The smallest absolute Gasteiger partial charge is 0.145 e. The van der Waals surface area contributed by atoms with E-state index in [-0.39, 0.29) is 0 Å². The van der Waals surface area contributed by atoms with E-state index in [0.717, 1.165) is 177 Å². The molecule has 0 aliphatic carbocycles. The van der Waals surface area contributed by atoms with Gasteiger partial charge in [0.25, 0.3) is 0 Å². The molecule has 0 unspecified atom stereocenters. The molecule has 16 aromatic carbocycles. The van der Waals surface area contributed by atoms with E-state index in [2.05, 4.69) is 285 Å². The first-order chi connectivity index (χ1) is 54.4. The second-order valence-corrected chi connectivity index (χ2v) is 27.9. The van der Waals surface area contributed by atoms with Crippen molar-refractivity contribution in [1.82, 2.24) is 18.3 Å². The summed E-state index contributed by atoms with van der Waals surface area (Å²) >= 11 is 0. The molecule has 0 atom stereocenters. The van der Waals surface area contributed by atoms with Crippen LogP contribution in [0.3, 0.4) is 0 Å². The highest BCUT2D eigenvalue weighted by molar-refractivity contribution is 6.25. The van der Waals surface area contributed by atoms with Crippen molar-refractivity contribution in [3.63, 3.8) is 0 Å². The monoisotopic (exact) mass is 1400 g/mol. The van der Waals surface area contributed by atoms with Crippen molar-refractivity contribution in [3.05, 3.63) is 362 Å². The van der Waals surface area contributed by atoms with Crippen LogP contribution in [0.25, 0.3) is 198 Å². The van der Waals surface area contributed by atoms with Crippen molar-refractivity contribution in [2.24, 2.45) is 0 Å². The van der Waals surface area contributed by atoms with Crippen LogP contribution in [0.15, 0.2) is 349 Å². The summed E-state index contributed by atoms with van der Waals surface area (Å²) in [6, 6.07) is 126. The van der Waals surface area contributed by atoms with E-state index in [4.69, 9.17) is 8.83 Å². The first-order valence-electron chi connectivity index (χ1n) is 36.4. The Morgan fingerprint density at radius 3 is 0.955 bits per heavy atom. The first-order valence-corrected chi connectivity index (χ1v) is 36.4. The minimum Gasteiger partial charge on any atom is -0.455 e. The SMILES string of the molecule is N#Cc1ccc(-c2ccc(-c3cc(-n4c5ccccc5c5ccccc54)cc(-n4c5ccccc5c5c6oc7ccccc7c6ccc54)c3)cc2C#N)cc1.N#Cc1ccccc1-c1ccc(-c2cc(-n3c4ccccc4c4ccccc43)cc(-n3c4ccccc4c4c5oc6ccccc6c5ccc43)c2)cc1C#N. The minimum absolute atomic E-state index is 0.508. The standard InChI is InChI=1S/2C50H28N4O/c51-29-31-17-19-32(20-18-31)38-22-21-33(25-35(38)30-52)34-26-36(53-44-13-5-1-9-39(44)40-10-2-6-14-45(40)53)28-37(27-34)54-46-15-7-3-12-43(46)49-47(54)24-23-42-41-11-4-8-16-48(41)55-50(42)49;51-29-32-11-1-2-12-37(32)38-22-21-31(25-34(38)30-52)33-26-35(53-44-17-7-3-13-39(44)40-14-4-8-18-45(40)53)28-36(27-33)54-46-19-9-5-16-43(46)49-47(54)24-23-42-41-15-6-10-20-48(41)55-50(42)49/h2*1-28H. The van der Waals surface area contributed by atoms with E-state index in [9.17, 15) is 21.0 Å². The summed E-state index contributed by atoms with van der Waals surface area (Å²) in [5.41, 5.74) is 25.3. The summed E-state index contributed by atoms with van der Waals surface area (Å²) in [5, 5.41) is 53.7. The van der Waals surface area contributed by atoms with Crippen LogP contribution in [0.4, 0.5) is 0 Å². The van der Waals surface area contributed by atoms with Crippen molar-refractivity contribution in [2.45, 2.75) is 0 Å². The third kappa shape index (κ3) is 9.72. The van der Waals surface area contributed by atoms with Gasteiger partial charge in [0.15, 0.2) is 0 Å². The number of para-hydroxylation sites is 8. The highest BCUT2D eigenvalue weighted by Gasteiger charge is 2.25. The van der Waals surface area contributed by atoms with Crippen molar-refractivity contribution in [1.29, 1.82) is 21.0 Å². The van der Waals surface area contributed by atoms with Crippen LogP contribution >= 0.6 is 0 Å². The van der Waals surface area contributed by atoms with Crippen LogP contribution in [-0.4, -0.2) is 18.3 Å². The summed E-state index contributed by atoms with van der Waals surface area (Å²) in [7, 11) is 0. The Labute approximate surface area is 628 Å². The Kier molecular flexibility index (Phi) is 14.3. The number of hydrogen-bond donors (Lipinski definition) is 0. The zero-order valence-electron chi connectivity index (χ0n) is 58.7. The maximum Gasteiger partial charge on any atom is 0.145 e. The number of aromatic nitrogens is 4. The molecule has 10 nitrogen and oxygen atoms in total. The van der Waals surface area contributed by atoms with Gasteiger partial charge in [-0.25, -0.2) is 0 Å². The average Bonchev–Trinajstić information content (AvgIpc) is 1.56. The van der Waals surface area contributed by atoms with Gasteiger partial charge in [0.1, 0.15) is 22.3 Å². The molecule has 110 heavy (non-hydrogen) atoms. The van der Waals surface area contributed by atoms with Crippen LogP contribution in [0, 0.1) is 45.3 Å². The van der Waals surface area contributed by atoms with E-state index in [0.29, 0.717) is 22.3 Å². The maximum absolute atomic E-state index is 10.5. The largest absolute Gasteiger partial charge is 0.455 e. The lowest BCUT2D eigenvalue weighted by Crippen LogP contribution is -2.00. The second kappa shape index (κ2) is 25.0. The number of fused-ring (bicyclic) bond motifs is 20. The molecule has 0 spiro atoms. The minimum atomic E-state index is 0.508. The fourth-order valence-electron chi connectivity index (χ4n) is 17.1. The van der Waals surface area contributed by atoms with Gasteiger partial charge in [-0.1, -0.05) is 200 Å². The van der Waals surface area contributed by atoms with Crippen LogP contribution in [-0.2, 0) is 0 Å². The molecular formula is C100H56N8O2. The van der Waals surface area contributed by atoms with Crippen LogP contribution in [0.5, 0.6) is 0 Å². The fourth-order valence-corrected chi connectivity index (χ4v) is 17.1. The molecule has 22 aromatic rings. The molecule has 6 heterocycles. The Morgan fingerprint density at radius 2 is 0.536 bits per heavy atom. The van der Waals surface area contributed by atoms with Crippen molar-refractivity contribution >= 4 is 131 Å². The highest BCUT2D eigenvalue weighted by atomic mass is 16.3. The molecule has 0 aliphatic rings. The normalized spacial score (nSPS) is 11.6.